The van der Waals surface area contributed by atoms with Gasteiger partial charge in [0.1, 0.15) is 4.90 Å². The smallest absolute Gasteiger partial charge is 0.209 e. The van der Waals surface area contributed by atoms with Crippen molar-refractivity contribution in [2.24, 2.45) is 0 Å². The second kappa shape index (κ2) is 5.04. The molecule has 2 heterocycles. The monoisotopic (exact) mass is 299 g/mol. The van der Waals surface area contributed by atoms with Gasteiger partial charge in [-0.05, 0) is 35.7 Å². The van der Waals surface area contributed by atoms with Gasteiger partial charge in [-0.25, -0.2) is 8.42 Å². The number of benzene rings is 1. The second-order valence-electron chi connectivity index (χ2n) is 5.38. The molecule has 3 rings (SSSR count). The average Bonchev–Trinajstić information content (AvgIpc) is 2.88. The molecule has 4 heteroatoms. The van der Waals surface area contributed by atoms with E-state index in [4.69, 9.17) is 0 Å². The first-order chi connectivity index (χ1) is 10.0. The van der Waals surface area contributed by atoms with Crippen molar-refractivity contribution < 1.29 is 8.42 Å². The van der Waals surface area contributed by atoms with Gasteiger partial charge in [0.05, 0.1) is 10.4 Å². The predicted molar refractivity (Wildman–Crippen MR) is 83.4 cm³/mol. The molecule has 0 aliphatic rings. The Morgan fingerprint density at radius 1 is 0.952 bits per heavy atom. The van der Waals surface area contributed by atoms with E-state index in [9.17, 15) is 8.42 Å². The molecule has 108 valence electrons. The maximum absolute atomic E-state index is 13.0. The highest BCUT2D eigenvalue weighted by molar-refractivity contribution is 7.91. The Hall–Kier alpha value is -2.07. The van der Waals surface area contributed by atoms with Gasteiger partial charge >= 0.3 is 0 Å². The number of sulfone groups is 1. The molecule has 0 atom stereocenters. The zero-order chi connectivity index (χ0) is 15.0. The predicted octanol–water partition coefficient (Wildman–Crippen LogP) is 3.90. The van der Waals surface area contributed by atoms with Gasteiger partial charge in [0.15, 0.2) is 0 Å². The van der Waals surface area contributed by atoms with Gasteiger partial charge in [-0.2, -0.15) is 0 Å². The van der Waals surface area contributed by atoms with Crippen molar-refractivity contribution in [1.82, 2.24) is 4.40 Å². The van der Waals surface area contributed by atoms with Crippen LogP contribution in [-0.4, -0.2) is 12.8 Å². The Balaban J connectivity index is 2.36. The molecule has 0 amide bonds. The largest absolute Gasteiger partial charge is 0.322 e. The minimum absolute atomic E-state index is 0.137. The van der Waals surface area contributed by atoms with Crippen molar-refractivity contribution in [3.63, 3.8) is 0 Å². The molecule has 0 spiro atoms. The first-order valence-electron chi connectivity index (χ1n) is 6.91. The van der Waals surface area contributed by atoms with Crippen LogP contribution in [0.15, 0.2) is 70.7 Å². The molecule has 0 aliphatic heterocycles. The Labute approximate surface area is 124 Å². The van der Waals surface area contributed by atoms with E-state index in [0.29, 0.717) is 9.79 Å². The van der Waals surface area contributed by atoms with Crippen LogP contribution < -0.4 is 0 Å². The van der Waals surface area contributed by atoms with Gasteiger partial charge < -0.3 is 4.40 Å². The summed E-state index contributed by atoms with van der Waals surface area (Å²) in [5, 5.41) is 0. The van der Waals surface area contributed by atoms with Crippen LogP contribution in [0.2, 0.25) is 0 Å². The molecule has 0 fully saturated rings. The van der Waals surface area contributed by atoms with Crippen molar-refractivity contribution in [2.75, 3.05) is 0 Å². The van der Waals surface area contributed by atoms with Crippen molar-refractivity contribution >= 4 is 15.4 Å². The number of rotatable bonds is 3. The van der Waals surface area contributed by atoms with Crippen LogP contribution in [0.4, 0.5) is 0 Å². The average molecular weight is 299 g/mol. The van der Waals surface area contributed by atoms with E-state index in [1.165, 1.54) is 0 Å². The van der Waals surface area contributed by atoms with E-state index in [1.54, 1.807) is 24.3 Å². The van der Waals surface area contributed by atoms with Gasteiger partial charge in [-0.3, -0.25) is 0 Å². The van der Waals surface area contributed by atoms with Crippen LogP contribution in [-0.2, 0) is 9.84 Å². The Morgan fingerprint density at radius 3 is 2.29 bits per heavy atom. The van der Waals surface area contributed by atoms with Crippen LogP contribution in [0.25, 0.3) is 5.52 Å². The highest BCUT2D eigenvalue weighted by Crippen LogP contribution is 2.33. The Kier molecular flexibility index (Phi) is 3.33. The summed E-state index contributed by atoms with van der Waals surface area (Å²) >= 11 is 0. The van der Waals surface area contributed by atoms with Gasteiger partial charge in [-0.15, -0.1) is 0 Å². The highest BCUT2D eigenvalue weighted by Gasteiger charge is 2.26. The molecular formula is C17H17NO2S. The van der Waals surface area contributed by atoms with E-state index in [1.807, 2.05) is 54.9 Å². The Bertz CT molecular complexity index is 878. The van der Waals surface area contributed by atoms with Crippen molar-refractivity contribution in [1.29, 1.82) is 0 Å². The third-order valence-electron chi connectivity index (χ3n) is 3.61. The first-order valence-corrected chi connectivity index (χ1v) is 8.40. The standard InChI is InChI=1S/C17H17NO2S/c1-13(2)15-12-18-11-7-6-10-16(18)17(15)21(19,20)14-8-4-3-5-9-14/h3-13H,1-2H3. The minimum atomic E-state index is -3.52. The summed E-state index contributed by atoms with van der Waals surface area (Å²) in [7, 11) is -3.52. The zero-order valence-electron chi connectivity index (χ0n) is 12.0. The molecule has 0 saturated carbocycles. The lowest BCUT2D eigenvalue weighted by atomic mass is 10.1. The molecule has 0 bridgehead atoms. The van der Waals surface area contributed by atoms with E-state index in [2.05, 4.69) is 0 Å². The van der Waals surface area contributed by atoms with Gasteiger partial charge in [-0.1, -0.05) is 38.1 Å². The molecule has 2 aromatic heterocycles. The summed E-state index contributed by atoms with van der Waals surface area (Å²) in [6.45, 7) is 4.03. The Morgan fingerprint density at radius 2 is 1.62 bits per heavy atom. The second-order valence-corrected chi connectivity index (χ2v) is 7.26. The maximum atomic E-state index is 13.0. The van der Waals surface area contributed by atoms with E-state index in [-0.39, 0.29) is 5.92 Å². The fraction of sp³-hybridized carbons (Fsp3) is 0.176. The summed E-state index contributed by atoms with van der Waals surface area (Å²) in [4.78, 5) is 0.758. The topological polar surface area (TPSA) is 38.5 Å². The van der Waals surface area contributed by atoms with Crippen LogP contribution in [0.5, 0.6) is 0 Å². The molecule has 1 aromatic carbocycles. The summed E-state index contributed by atoms with van der Waals surface area (Å²) < 4.78 is 27.9. The normalized spacial score (nSPS) is 12.1. The van der Waals surface area contributed by atoms with E-state index in [0.717, 1.165) is 11.1 Å². The minimum Gasteiger partial charge on any atom is -0.322 e. The van der Waals surface area contributed by atoms with E-state index < -0.39 is 9.84 Å². The van der Waals surface area contributed by atoms with Gasteiger partial charge in [0, 0.05) is 12.4 Å². The fourth-order valence-electron chi connectivity index (χ4n) is 2.54. The maximum Gasteiger partial charge on any atom is 0.209 e. The number of pyridine rings is 1. The van der Waals surface area contributed by atoms with Crippen LogP contribution in [0.3, 0.4) is 0 Å². The molecule has 3 aromatic rings. The van der Waals surface area contributed by atoms with Crippen molar-refractivity contribution in [3.05, 3.63) is 66.5 Å². The number of hydrogen-bond donors (Lipinski definition) is 0. The molecule has 0 saturated heterocycles. The zero-order valence-corrected chi connectivity index (χ0v) is 12.8. The molecule has 0 aliphatic carbocycles. The molecule has 0 unspecified atom stereocenters. The van der Waals surface area contributed by atoms with Crippen LogP contribution in [0.1, 0.15) is 25.3 Å². The van der Waals surface area contributed by atoms with Gasteiger partial charge in [0.2, 0.25) is 9.84 Å². The highest BCUT2D eigenvalue weighted by atomic mass is 32.2. The van der Waals surface area contributed by atoms with Crippen molar-refractivity contribution in [2.45, 2.75) is 29.6 Å². The number of fused-ring (bicyclic) bond motifs is 1. The summed E-state index contributed by atoms with van der Waals surface area (Å²) in [5.74, 6) is 0.137. The molecule has 0 N–H and O–H groups in total. The molecule has 3 nitrogen and oxygen atoms in total. The molecule has 21 heavy (non-hydrogen) atoms. The molecule has 0 radical (unpaired) electrons. The number of aromatic nitrogens is 1. The van der Waals surface area contributed by atoms with E-state index >= 15 is 0 Å². The third kappa shape index (κ3) is 2.25. The van der Waals surface area contributed by atoms with Gasteiger partial charge in [0.25, 0.3) is 0 Å². The first kappa shape index (κ1) is 13.9. The lowest BCUT2D eigenvalue weighted by molar-refractivity contribution is 0.595. The lowest BCUT2D eigenvalue weighted by Crippen LogP contribution is -2.05. The van der Waals surface area contributed by atoms with Crippen LogP contribution in [0, 0.1) is 0 Å². The summed E-state index contributed by atoms with van der Waals surface area (Å²) in [6.07, 6.45) is 3.79. The molecular weight excluding hydrogens is 282 g/mol. The van der Waals surface area contributed by atoms with Crippen molar-refractivity contribution in [3.8, 4) is 0 Å². The fourth-order valence-corrected chi connectivity index (χ4v) is 4.34. The SMILES string of the molecule is CC(C)c1cn2ccccc2c1S(=O)(=O)c1ccccc1. The third-order valence-corrected chi connectivity index (χ3v) is 5.48. The lowest BCUT2D eigenvalue weighted by Gasteiger charge is -2.09. The summed E-state index contributed by atoms with van der Waals surface area (Å²) in [5.41, 5.74) is 1.58. The number of hydrogen-bond acceptors (Lipinski definition) is 2. The number of nitrogens with zero attached hydrogens (tertiary/aromatic N) is 1. The summed E-state index contributed by atoms with van der Waals surface area (Å²) in [6, 6.07) is 14.2. The quantitative estimate of drug-likeness (QED) is 0.736. The van der Waals surface area contributed by atoms with Crippen LogP contribution >= 0.6 is 0 Å².